The van der Waals surface area contributed by atoms with Crippen molar-refractivity contribution in [3.05, 3.63) is 26.6 Å². The van der Waals surface area contributed by atoms with Crippen molar-refractivity contribution in [3.63, 3.8) is 0 Å². The molecule has 1 amide bonds. The van der Waals surface area contributed by atoms with E-state index >= 15 is 0 Å². The minimum Gasteiger partial charge on any atom is -0.351 e. The van der Waals surface area contributed by atoms with E-state index < -0.39 is 0 Å². The van der Waals surface area contributed by atoms with Gasteiger partial charge < -0.3 is 16.0 Å². The Kier molecular flexibility index (Phi) is 6.83. The molecule has 6 nitrogen and oxygen atoms in total. The Bertz CT molecular complexity index is 878. The van der Waals surface area contributed by atoms with Crippen molar-refractivity contribution in [1.29, 1.82) is 0 Å². The molecule has 0 aromatic carbocycles. The number of carbonyl (C=O) groups is 1. The second-order valence-electron chi connectivity index (χ2n) is 7.14. The number of hydrogen-bond donors (Lipinski definition) is 3. The molecule has 148 valence electrons. The smallest absolute Gasteiger partial charge is 0.259 e. The summed E-state index contributed by atoms with van der Waals surface area (Å²) in [6.07, 6.45) is 6.70. The van der Waals surface area contributed by atoms with E-state index in [1.165, 1.54) is 28.6 Å². The molecule has 1 unspecified atom stereocenters. The van der Waals surface area contributed by atoms with Gasteiger partial charge in [-0.05, 0) is 50.0 Å². The van der Waals surface area contributed by atoms with Gasteiger partial charge in [0.15, 0.2) is 0 Å². The summed E-state index contributed by atoms with van der Waals surface area (Å²) in [5.41, 5.74) is 6.89. The van der Waals surface area contributed by atoms with Gasteiger partial charge in [0, 0.05) is 17.5 Å². The molecular weight excluding hydrogens is 404 g/mol. The van der Waals surface area contributed by atoms with Crippen LogP contribution in [-0.4, -0.2) is 34.2 Å². The Morgan fingerprint density at radius 1 is 1.37 bits per heavy atom. The number of nitrogens with one attached hydrogen (secondary N) is 2. The molecular formula is C18H25ClN4O2S2. The third kappa shape index (κ3) is 4.67. The number of rotatable bonds is 7. The number of hydrogen-bond acceptors (Lipinski definition) is 6. The number of nitrogens with zero attached hydrogens (tertiary/aromatic N) is 1. The van der Waals surface area contributed by atoms with Crippen LogP contribution in [0.5, 0.6) is 0 Å². The average Bonchev–Trinajstić information content (AvgIpc) is 3.39. The van der Waals surface area contributed by atoms with Crippen molar-refractivity contribution >= 4 is 51.6 Å². The van der Waals surface area contributed by atoms with Crippen molar-refractivity contribution < 1.29 is 4.79 Å². The molecule has 0 bridgehead atoms. The lowest BCUT2D eigenvalue weighted by Gasteiger charge is -2.15. The first-order valence-electron chi connectivity index (χ1n) is 9.26. The molecule has 0 aliphatic heterocycles. The molecule has 4 N–H and O–H groups in total. The quantitative estimate of drug-likeness (QED) is 0.628. The van der Waals surface area contributed by atoms with Gasteiger partial charge in [0.1, 0.15) is 10.7 Å². The third-order valence-corrected chi connectivity index (χ3v) is 7.27. The Morgan fingerprint density at radius 3 is 2.89 bits per heavy atom. The van der Waals surface area contributed by atoms with Gasteiger partial charge >= 0.3 is 0 Å². The molecule has 1 atom stereocenters. The first-order chi connectivity index (χ1) is 12.7. The van der Waals surface area contributed by atoms with Gasteiger partial charge in [0.25, 0.3) is 5.56 Å². The number of halogens is 1. The predicted octanol–water partition coefficient (Wildman–Crippen LogP) is 2.37. The fourth-order valence-corrected chi connectivity index (χ4v) is 5.62. The van der Waals surface area contributed by atoms with E-state index in [4.69, 9.17) is 5.73 Å². The average molecular weight is 429 g/mol. The zero-order valence-electron chi connectivity index (χ0n) is 15.1. The van der Waals surface area contributed by atoms with Crippen molar-refractivity contribution in [1.82, 2.24) is 15.3 Å². The molecule has 0 spiro atoms. The summed E-state index contributed by atoms with van der Waals surface area (Å²) < 4.78 is 0. The van der Waals surface area contributed by atoms with E-state index in [1.54, 1.807) is 11.3 Å². The van der Waals surface area contributed by atoms with Crippen LogP contribution >= 0.6 is 35.5 Å². The molecule has 2 aromatic rings. The summed E-state index contributed by atoms with van der Waals surface area (Å²) in [6.45, 7) is 0.496. The first kappa shape index (κ1) is 20.6. The second-order valence-corrected chi connectivity index (χ2v) is 9.21. The van der Waals surface area contributed by atoms with Crippen LogP contribution in [0.2, 0.25) is 0 Å². The number of aromatic amines is 1. The van der Waals surface area contributed by atoms with Crippen LogP contribution in [-0.2, 0) is 23.4 Å². The van der Waals surface area contributed by atoms with E-state index in [-0.39, 0.29) is 29.9 Å². The third-order valence-electron chi connectivity index (χ3n) is 5.14. The van der Waals surface area contributed by atoms with E-state index in [9.17, 15) is 9.59 Å². The topological polar surface area (TPSA) is 101 Å². The Hall–Kier alpha value is -1.09. The SMILES string of the molecule is Cl.NCC(NC(=O)CSCc1nc2sc3c(c2c(=O)[nH]1)CCCC3)C1CC1. The molecule has 1 saturated carbocycles. The lowest BCUT2D eigenvalue weighted by molar-refractivity contribution is -0.119. The summed E-state index contributed by atoms with van der Waals surface area (Å²) in [5.74, 6) is 2.09. The van der Waals surface area contributed by atoms with E-state index in [1.807, 2.05) is 0 Å². The number of thioether (sulfide) groups is 1. The summed E-state index contributed by atoms with van der Waals surface area (Å²) in [6, 6.07) is 0.106. The van der Waals surface area contributed by atoms with E-state index in [0.29, 0.717) is 29.8 Å². The second kappa shape index (κ2) is 8.94. The number of thiophene rings is 1. The fraction of sp³-hybridized carbons (Fsp3) is 0.611. The molecule has 2 aliphatic rings. The number of carbonyl (C=O) groups excluding carboxylic acids is 1. The zero-order chi connectivity index (χ0) is 18.1. The molecule has 0 saturated heterocycles. The minimum atomic E-state index is -0.0358. The predicted molar refractivity (Wildman–Crippen MR) is 114 cm³/mol. The molecule has 0 radical (unpaired) electrons. The Balaban J connectivity index is 0.00000210. The zero-order valence-corrected chi connectivity index (χ0v) is 17.5. The minimum absolute atomic E-state index is 0. The number of aromatic nitrogens is 2. The summed E-state index contributed by atoms with van der Waals surface area (Å²) in [4.78, 5) is 34.3. The Labute approximate surface area is 172 Å². The lowest BCUT2D eigenvalue weighted by Crippen LogP contribution is -2.42. The van der Waals surface area contributed by atoms with Gasteiger partial charge in [-0.25, -0.2) is 4.98 Å². The highest BCUT2D eigenvalue weighted by Crippen LogP contribution is 2.34. The first-order valence-corrected chi connectivity index (χ1v) is 11.2. The highest BCUT2D eigenvalue weighted by atomic mass is 35.5. The maximum atomic E-state index is 12.5. The summed E-state index contributed by atoms with van der Waals surface area (Å²) >= 11 is 3.13. The van der Waals surface area contributed by atoms with Crippen molar-refractivity contribution in [2.75, 3.05) is 12.3 Å². The van der Waals surface area contributed by atoms with Gasteiger partial charge in [0.2, 0.25) is 5.91 Å². The fourth-order valence-electron chi connectivity index (χ4n) is 3.63. The molecule has 1 fully saturated rings. The number of aryl methyl sites for hydroxylation is 2. The molecule has 2 heterocycles. The van der Waals surface area contributed by atoms with Crippen LogP contribution in [0.3, 0.4) is 0 Å². The van der Waals surface area contributed by atoms with Crippen LogP contribution in [0.15, 0.2) is 4.79 Å². The molecule has 2 aliphatic carbocycles. The van der Waals surface area contributed by atoms with Crippen LogP contribution in [0.1, 0.15) is 41.9 Å². The van der Waals surface area contributed by atoms with E-state index in [0.717, 1.165) is 42.3 Å². The summed E-state index contributed by atoms with van der Waals surface area (Å²) in [7, 11) is 0. The lowest BCUT2D eigenvalue weighted by atomic mass is 9.97. The maximum Gasteiger partial charge on any atom is 0.259 e. The number of fused-ring (bicyclic) bond motifs is 3. The van der Waals surface area contributed by atoms with Crippen LogP contribution < -0.4 is 16.6 Å². The van der Waals surface area contributed by atoms with Crippen molar-refractivity contribution in [2.45, 2.75) is 50.3 Å². The number of nitrogens with two attached hydrogens (primary N) is 1. The van der Waals surface area contributed by atoms with Crippen LogP contribution in [0.4, 0.5) is 0 Å². The van der Waals surface area contributed by atoms with E-state index in [2.05, 4.69) is 15.3 Å². The maximum absolute atomic E-state index is 12.5. The Morgan fingerprint density at radius 2 is 2.15 bits per heavy atom. The summed E-state index contributed by atoms with van der Waals surface area (Å²) in [5, 5.41) is 3.80. The van der Waals surface area contributed by atoms with Crippen LogP contribution in [0.25, 0.3) is 10.2 Å². The molecule has 27 heavy (non-hydrogen) atoms. The normalized spacial score (nSPS) is 17.2. The monoisotopic (exact) mass is 428 g/mol. The van der Waals surface area contributed by atoms with Gasteiger partial charge in [-0.1, -0.05) is 0 Å². The van der Waals surface area contributed by atoms with Gasteiger partial charge in [-0.3, -0.25) is 9.59 Å². The molecule has 9 heteroatoms. The molecule has 4 rings (SSSR count). The molecule has 2 aromatic heterocycles. The largest absolute Gasteiger partial charge is 0.351 e. The standard InChI is InChI=1S/C18H24N4O2S2.ClH/c19-7-12(10-5-6-10)20-15(23)9-25-8-14-21-17(24)16-11-3-1-2-4-13(11)26-18(16)22-14;/h10,12H,1-9,19H2,(H,20,23)(H,21,22,24);1H. The highest BCUT2D eigenvalue weighted by Gasteiger charge is 2.31. The van der Waals surface area contributed by atoms with Crippen molar-refractivity contribution in [3.8, 4) is 0 Å². The van der Waals surface area contributed by atoms with Gasteiger partial charge in [-0.15, -0.1) is 35.5 Å². The van der Waals surface area contributed by atoms with Crippen molar-refractivity contribution in [2.24, 2.45) is 11.7 Å². The number of amides is 1. The van der Waals surface area contributed by atoms with Gasteiger partial charge in [0.05, 0.1) is 16.9 Å². The highest BCUT2D eigenvalue weighted by molar-refractivity contribution is 7.99. The van der Waals surface area contributed by atoms with Gasteiger partial charge in [-0.2, -0.15) is 0 Å². The number of H-pyrrole nitrogens is 1. The van der Waals surface area contributed by atoms with Crippen LogP contribution in [0, 0.1) is 5.92 Å².